The minimum atomic E-state index is 0.645. The Kier molecular flexibility index (Phi) is 3.20. The van der Waals surface area contributed by atoms with Crippen molar-refractivity contribution in [1.82, 2.24) is 0 Å². The van der Waals surface area contributed by atoms with E-state index in [-0.39, 0.29) is 0 Å². The Bertz CT molecular complexity index is 438. The summed E-state index contributed by atoms with van der Waals surface area (Å²) in [7, 11) is 0. The van der Waals surface area contributed by atoms with Crippen LogP contribution in [-0.2, 0) is 0 Å². The number of rotatable bonds is 0. The molecule has 1 aromatic carbocycles. The van der Waals surface area contributed by atoms with Gasteiger partial charge in [-0.25, -0.2) is 0 Å². The Hall–Kier alpha value is -2.17. The number of hydrogen-bond acceptors (Lipinski definition) is 1. The van der Waals surface area contributed by atoms with Gasteiger partial charge in [-0.1, -0.05) is 11.8 Å². The molecule has 0 saturated heterocycles. The van der Waals surface area contributed by atoms with E-state index in [1.54, 1.807) is 19.1 Å². The van der Waals surface area contributed by atoms with E-state index in [1.807, 2.05) is 18.2 Å². The molecule has 0 saturated carbocycles. The smallest absolute Gasteiger partial charge is 0.0991 e. The normalized spacial score (nSPS) is 7.08. The second kappa shape index (κ2) is 4.66. The van der Waals surface area contributed by atoms with Crippen LogP contribution in [0.25, 0.3) is 0 Å². The van der Waals surface area contributed by atoms with Gasteiger partial charge in [-0.15, -0.1) is 0 Å². The summed E-state index contributed by atoms with van der Waals surface area (Å²) >= 11 is 0. The molecule has 13 heavy (non-hydrogen) atoms. The van der Waals surface area contributed by atoms with Gasteiger partial charge in [0.25, 0.3) is 0 Å². The molecule has 0 bridgehead atoms. The highest BCUT2D eigenvalue weighted by molar-refractivity contribution is 5.42. The van der Waals surface area contributed by atoms with Gasteiger partial charge in [-0.2, -0.15) is 5.26 Å². The fraction of sp³-hybridized carbons (Fsp3) is 0.0833. The molecule has 1 nitrogen and oxygen atoms in total. The van der Waals surface area contributed by atoms with Crippen molar-refractivity contribution in [2.45, 2.75) is 6.92 Å². The largest absolute Gasteiger partial charge is 0.192 e. The highest BCUT2D eigenvalue weighted by Gasteiger charge is 1.87. The van der Waals surface area contributed by atoms with Crippen molar-refractivity contribution in [3.05, 3.63) is 35.4 Å². The average Bonchev–Trinajstić information content (AvgIpc) is 2.19. The number of nitrogens with zero attached hydrogens (tertiary/aromatic N) is 1. The van der Waals surface area contributed by atoms with Gasteiger partial charge in [0.05, 0.1) is 11.6 Å². The quantitative estimate of drug-likeness (QED) is 0.539. The predicted molar refractivity (Wildman–Crippen MR) is 51.5 cm³/mol. The lowest BCUT2D eigenvalue weighted by Crippen LogP contribution is -1.75. The zero-order valence-corrected chi connectivity index (χ0v) is 7.26. The summed E-state index contributed by atoms with van der Waals surface area (Å²) in [5, 5.41) is 8.53. The molecule has 0 heterocycles. The van der Waals surface area contributed by atoms with Crippen LogP contribution in [0, 0.1) is 35.0 Å². The lowest BCUT2D eigenvalue weighted by molar-refractivity contribution is 1.48. The van der Waals surface area contributed by atoms with E-state index < -0.39 is 0 Å². The van der Waals surface area contributed by atoms with Crippen LogP contribution >= 0.6 is 0 Å². The first-order chi connectivity index (χ1) is 6.36. The highest BCUT2D eigenvalue weighted by atomic mass is 14.2. The number of nitriles is 1. The number of hydrogen-bond donors (Lipinski definition) is 0. The Labute approximate surface area is 78.0 Å². The van der Waals surface area contributed by atoms with Gasteiger partial charge in [0.15, 0.2) is 0 Å². The zero-order chi connectivity index (χ0) is 9.52. The van der Waals surface area contributed by atoms with E-state index in [2.05, 4.69) is 23.7 Å². The topological polar surface area (TPSA) is 23.8 Å². The summed E-state index contributed by atoms with van der Waals surface area (Å²) in [6, 6.07) is 9.14. The second-order valence-corrected chi connectivity index (χ2v) is 2.31. The number of benzene rings is 1. The SMILES string of the molecule is CC#CC#Cc1ccc(C#N)cc1. The standard InChI is InChI=1S/C12H7N/c1-2-3-4-5-11-6-8-12(10-13)9-7-11/h6-9H,1H3. The van der Waals surface area contributed by atoms with Crippen LogP contribution in [0.5, 0.6) is 0 Å². The first-order valence-corrected chi connectivity index (χ1v) is 3.79. The van der Waals surface area contributed by atoms with Crippen molar-refractivity contribution in [2.75, 3.05) is 0 Å². The summed E-state index contributed by atoms with van der Waals surface area (Å²) in [6.45, 7) is 1.74. The van der Waals surface area contributed by atoms with Crippen molar-refractivity contribution in [1.29, 1.82) is 5.26 Å². The van der Waals surface area contributed by atoms with Crippen LogP contribution in [0.1, 0.15) is 18.1 Å². The maximum absolute atomic E-state index is 8.53. The van der Waals surface area contributed by atoms with Crippen LogP contribution < -0.4 is 0 Å². The molecule has 0 spiro atoms. The molecule has 0 N–H and O–H groups in total. The first-order valence-electron chi connectivity index (χ1n) is 3.79. The molecule has 0 aliphatic carbocycles. The Morgan fingerprint density at radius 1 is 1.00 bits per heavy atom. The van der Waals surface area contributed by atoms with Gasteiger partial charge in [-0.05, 0) is 43.0 Å². The van der Waals surface area contributed by atoms with Crippen molar-refractivity contribution >= 4 is 0 Å². The van der Waals surface area contributed by atoms with Gasteiger partial charge in [0, 0.05) is 5.56 Å². The predicted octanol–water partition coefficient (Wildman–Crippen LogP) is 1.93. The van der Waals surface area contributed by atoms with Gasteiger partial charge < -0.3 is 0 Å². The van der Waals surface area contributed by atoms with Gasteiger partial charge in [0.1, 0.15) is 0 Å². The molecular weight excluding hydrogens is 158 g/mol. The summed E-state index contributed by atoms with van der Waals surface area (Å²) in [6.07, 6.45) is 0. The average molecular weight is 165 g/mol. The first kappa shape index (κ1) is 8.92. The highest BCUT2D eigenvalue weighted by Crippen LogP contribution is 2.00. The maximum Gasteiger partial charge on any atom is 0.0991 e. The van der Waals surface area contributed by atoms with Gasteiger partial charge in [0.2, 0.25) is 0 Å². The maximum atomic E-state index is 8.53. The van der Waals surface area contributed by atoms with E-state index in [1.165, 1.54) is 0 Å². The van der Waals surface area contributed by atoms with E-state index in [4.69, 9.17) is 5.26 Å². The molecule has 0 amide bonds. The molecule has 1 aromatic rings. The Morgan fingerprint density at radius 3 is 2.15 bits per heavy atom. The third kappa shape index (κ3) is 2.74. The zero-order valence-electron chi connectivity index (χ0n) is 7.26. The van der Waals surface area contributed by atoms with Crippen LogP contribution in [0.4, 0.5) is 0 Å². The van der Waals surface area contributed by atoms with E-state index in [0.717, 1.165) is 5.56 Å². The van der Waals surface area contributed by atoms with Gasteiger partial charge in [-0.3, -0.25) is 0 Å². The molecule has 60 valence electrons. The van der Waals surface area contributed by atoms with Crippen LogP contribution in [0.2, 0.25) is 0 Å². The molecule has 0 aromatic heterocycles. The molecule has 0 radical (unpaired) electrons. The molecule has 0 aliphatic rings. The minimum Gasteiger partial charge on any atom is -0.192 e. The van der Waals surface area contributed by atoms with Crippen molar-refractivity contribution < 1.29 is 0 Å². The van der Waals surface area contributed by atoms with E-state index in [9.17, 15) is 0 Å². The van der Waals surface area contributed by atoms with Crippen molar-refractivity contribution in [2.24, 2.45) is 0 Å². The Balaban J connectivity index is 2.88. The third-order valence-corrected chi connectivity index (χ3v) is 1.41. The van der Waals surface area contributed by atoms with E-state index >= 15 is 0 Å². The van der Waals surface area contributed by atoms with E-state index in [0.29, 0.717) is 5.56 Å². The minimum absolute atomic E-state index is 0.645. The lowest BCUT2D eigenvalue weighted by atomic mass is 10.1. The summed E-state index contributed by atoms with van der Waals surface area (Å²) in [4.78, 5) is 0. The van der Waals surface area contributed by atoms with Gasteiger partial charge >= 0.3 is 0 Å². The van der Waals surface area contributed by atoms with Crippen molar-refractivity contribution in [3.63, 3.8) is 0 Å². The Morgan fingerprint density at radius 2 is 1.62 bits per heavy atom. The third-order valence-electron chi connectivity index (χ3n) is 1.41. The molecule has 0 aliphatic heterocycles. The monoisotopic (exact) mass is 165 g/mol. The molecule has 1 heteroatoms. The molecule has 0 fully saturated rings. The second-order valence-electron chi connectivity index (χ2n) is 2.31. The van der Waals surface area contributed by atoms with Crippen LogP contribution in [-0.4, -0.2) is 0 Å². The van der Waals surface area contributed by atoms with Crippen LogP contribution in [0.3, 0.4) is 0 Å². The molecule has 0 unspecified atom stereocenters. The summed E-state index contributed by atoms with van der Waals surface area (Å²) in [5.41, 5.74) is 1.52. The lowest BCUT2D eigenvalue weighted by Gasteiger charge is -1.88. The summed E-state index contributed by atoms with van der Waals surface area (Å²) in [5.74, 6) is 10.9. The summed E-state index contributed by atoms with van der Waals surface area (Å²) < 4.78 is 0. The molecular formula is C12H7N. The molecule has 0 atom stereocenters. The molecule has 1 rings (SSSR count). The van der Waals surface area contributed by atoms with Crippen LogP contribution in [0.15, 0.2) is 24.3 Å². The fourth-order valence-corrected chi connectivity index (χ4v) is 0.794. The fourth-order valence-electron chi connectivity index (χ4n) is 0.794. The van der Waals surface area contributed by atoms with Crippen molar-refractivity contribution in [3.8, 4) is 29.8 Å².